The predicted molar refractivity (Wildman–Crippen MR) is 121 cm³/mol. The van der Waals surface area contributed by atoms with E-state index in [1.807, 2.05) is 30.3 Å². The van der Waals surface area contributed by atoms with Gasteiger partial charge in [-0.3, -0.25) is 4.98 Å². The molecule has 35 heavy (non-hydrogen) atoms. The number of aliphatic hydroxyl groups excluding tert-OH is 1. The molecular weight excluding hydrogens is 458 g/mol. The Morgan fingerprint density at radius 1 is 1.06 bits per heavy atom. The van der Waals surface area contributed by atoms with Gasteiger partial charge in [0.2, 0.25) is 0 Å². The van der Waals surface area contributed by atoms with Crippen molar-refractivity contribution >= 4 is 28.0 Å². The molecule has 0 fully saturated rings. The molecule has 0 aliphatic heterocycles. The van der Waals surface area contributed by atoms with Gasteiger partial charge in [-0.25, -0.2) is 18.4 Å². The average Bonchev–Trinajstić information content (AvgIpc) is 3.25. The molecule has 0 bridgehead atoms. The second kappa shape index (κ2) is 9.39. The van der Waals surface area contributed by atoms with E-state index in [-0.39, 0.29) is 17.9 Å². The second-order valence-corrected chi connectivity index (χ2v) is 7.58. The Labute approximate surface area is 196 Å². The van der Waals surface area contributed by atoms with Gasteiger partial charge >= 0.3 is 0 Å². The van der Waals surface area contributed by atoms with Crippen LogP contribution >= 0.6 is 0 Å². The maximum absolute atomic E-state index is 14.6. The molecule has 176 valence electrons. The molecule has 3 heterocycles. The molecule has 11 heteroatoms. The molecule has 5 rings (SSSR count). The van der Waals surface area contributed by atoms with E-state index in [0.717, 1.165) is 28.6 Å². The predicted octanol–water partition coefficient (Wildman–Crippen LogP) is 2.40. The summed E-state index contributed by atoms with van der Waals surface area (Å²) in [5.74, 6) is -3.45. The zero-order valence-corrected chi connectivity index (χ0v) is 18.1. The summed E-state index contributed by atoms with van der Waals surface area (Å²) < 4.78 is 30.8. The van der Waals surface area contributed by atoms with Gasteiger partial charge in [0.05, 0.1) is 29.9 Å². The minimum absolute atomic E-state index is 0.124. The Bertz CT molecular complexity index is 1550. The van der Waals surface area contributed by atoms with Gasteiger partial charge in [-0.05, 0) is 48.0 Å². The third-order valence-electron chi connectivity index (χ3n) is 5.24. The van der Waals surface area contributed by atoms with E-state index in [9.17, 15) is 13.9 Å². The summed E-state index contributed by atoms with van der Waals surface area (Å²) in [7, 11) is 0. The topological polar surface area (TPSA) is 121 Å². The van der Waals surface area contributed by atoms with Gasteiger partial charge in [0, 0.05) is 23.0 Å². The normalized spacial score (nSPS) is 11.9. The van der Waals surface area contributed by atoms with Crippen molar-refractivity contribution in [3.63, 3.8) is 0 Å². The number of rotatable bonds is 7. The minimum Gasteiger partial charge on any atom is -0.856 e. The van der Waals surface area contributed by atoms with Crippen LogP contribution in [0.1, 0.15) is 11.1 Å². The summed E-state index contributed by atoms with van der Waals surface area (Å²) >= 11 is 0. The number of fused-ring (bicyclic) bond motifs is 2. The van der Waals surface area contributed by atoms with Crippen LogP contribution in [0.15, 0.2) is 65.9 Å². The molecule has 5 aromatic rings. The van der Waals surface area contributed by atoms with Gasteiger partial charge in [-0.2, -0.15) is 0 Å². The molecule has 0 aliphatic carbocycles. The summed E-state index contributed by atoms with van der Waals surface area (Å²) in [5, 5.41) is 33.0. The fourth-order valence-electron chi connectivity index (χ4n) is 3.63. The van der Waals surface area contributed by atoms with Crippen LogP contribution in [0.2, 0.25) is 0 Å². The van der Waals surface area contributed by atoms with E-state index in [1.165, 1.54) is 0 Å². The third kappa shape index (κ3) is 4.49. The molecular formula is C24H17F2N6O3-. The quantitative estimate of drug-likeness (QED) is 0.166. The van der Waals surface area contributed by atoms with E-state index in [4.69, 9.17) is 5.11 Å². The van der Waals surface area contributed by atoms with Crippen LogP contribution in [0.5, 0.6) is 0 Å². The number of hydrogen-bond acceptors (Lipinski definition) is 8. The van der Waals surface area contributed by atoms with Gasteiger partial charge in [-0.15, -0.1) is 10.3 Å². The first-order valence-corrected chi connectivity index (χ1v) is 10.5. The lowest BCUT2D eigenvalue weighted by atomic mass is 10.1. The Morgan fingerprint density at radius 2 is 1.86 bits per heavy atom. The minimum atomic E-state index is -1.23. The Morgan fingerprint density at radius 3 is 2.66 bits per heavy atom. The van der Waals surface area contributed by atoms with Crippen LogP contribution in [0.25, 0.3) is 33.3 Å². The molecule has 9 nitrogen and oxygen atoms in total. The highest BCUT2D eigenvalue weighted by molar-refractivity contribution is 5.91. The lowest BCUT2D eigenvalue weighted by molar-refractivity contribution is -0.218. The molecule has 3 aromatic heterocycles. The van der Waals surface area contributed by atoms with Crippen molar-refractivity contribution in [2.24, 2.45) is 5.16 Å². The molecule has 0 spiro atoms. The number of oxime groups is 1. The fraction of sp³-hybridized carbons (Fsp3) is 0.125. The number of aromatic nitrogens is 5. The largest absolute Gasteiger partial charge is 0.856 e. The van der Waals surface area contributed by atoms with E-state index in [0.29, 0.717) is 17.7 Å². The molecule has 0 saturated carbocycles. The van der Waals surface area contributed by atoms with Crippen molar-refractivity contribution in [1.82, 2.24) is 25.0 Å². The van der Waals surface area contributed by atoms with Gasteiger partial charge in [0.15, 0.2) is 5.65 Å². The highest BCUT2D eigenvalue weighted by atomic mass is 19.1. The lowest BCUT2D eigenvalue weighted by Gasteiger charge is -2.13. The maximum atomic E-state index is 14.6. The smallest absolute Gasteiger partial charge is 0.179 e. The van der Waals surface area contributed by atoms with E-state index in [2.05, 4.69) is 30.3 Å². The first kappa shape index (κ1) is 22.3. The molecule has 0 radical (unpaired) electrons. The van der Waals surface area contributed by atoms with E-state index >= 15 is 0 Å². The van der Waals surface area contributed by atoms with Crippen LogP contribution in [0, 0.1) is 11.6 Å². The SMILES string of the molecule is [O-]/C(=N\OCCO)c1c(F)cc(-c2ccc3nnn(Cc4ccc5ncccc5c4)c3n2)cc1F. The molecule has 0 saturated heterocycles. The highest BCUT2D eigenvalue weighted by Gasteiger charge is 2.15. The van der Waals surface area contributed by atoms with Crippen molar-refractivity contribution in [2.45, 2.75) is 6.54 Å². The summed E-state index contributed by atoms with van der Waals surface area (Å²) in [6.07, 6.45) is 1.73. The molecule has 0 aliphatic rings. The van der Waals surface area contributed by atoms with Crippen LogP contribution in [-0.2, 0) is 11.4 Å². The van der Waals surface area contributed by atoms with Crippen LogP contribution in [-0.4, -0.2) is 49.2 Å². The average molecular weight is 475 g/mol. The van der Waals surface area contributed by atoms with Gasteiger partial charge in [0.25, 0.3) is 0 Å². The van der Waals surface area contributed by atoms with Crippen molar-refractivity contribution in [1.29, 1.82) is 0 Å². The highest BCUT2D eigenvalue weighted by Crippen LogP contribution is 2.25. The number of aliphatic hydroxyl groups is 1. The number of nitrogens with zero attached hydrogens (tertiary/aromatic N) is 6. The number of halogens is 2. The van der Waals surface area contributed by atoms with Crippen molar-refractivity contribution in [3.05, 3.63) is 83.6 Å². The molecule has 1 N–H and O–H groups in total. The van der Waals surface area contributed by atoms with Gasteiger partial charge in [0.1, 0.15) is 23.8 Å². The standard InChI is InChI=1S/C24H18F2N6O3/c25-17-11-16(12-18(26)22(17)24(34)30-35-9-8-33)20-5-6-21-23(28-20)32(31-29-21)13-14-3-4-19-15(10-14)2-1-7-27-19/h1-7,10-12,33H,8-9,13H2,(H,30,34)/p-1. The molecule has 0 atom stereocenters. The van der Waals surface area contributed by atoms with Gasteiger partial charge in [-0.1, -0.05) is 17.3 Å². The fourth-order valence-corrected chi connectivity index (χ4v) is 3.63. The van der Waals surface area contributed by atoms with Crippen molar-refractivity contribution in [2.75, 3.05) is 13.2 Å². The summed E-state index contributed by atoms with van der Waals surface area (Å²) in [5.41, 5.74) is 2.32. The Hall–Kier alpha value is -4.51. The number of hydrogen-bond donors (Lipinski definition) is 1. The first-order valence-electron chi connectivity index (χ1n) is 10.5. The van der Waals surface area contributed by atoms with E-state index < -0.39 is 29.7 Å². The molecule has 0 unspecified atom stereocenters. The zero-order valence-electron chi connectivity index (χ0n) is 18.1. The van der Waals surface area contributed by atoms with E-state index in [1.54, 1.807) is 23.0 Å². The third-order valence-corrected chi connectivity index (χ3v) is 5.24. The Balaban J connectivity index is 1.47. The van der Waals surface area contributed by atoms with Crippen molar-refractivity contribution < 1.29 is 23.8 Å². The number of benzene rings is 2. The second-order valence-electron chi connectivity index (χ2n) is 7.58. The lowest BCUT2D eigenvalue weighted by Crippen LogP contribution is -2.23. The number of pyridine rings is 2. The van der Waals surface area contributed by atoms with Crippen LogP contribution in [0.3, 0.4) is 0 Å². The summed E-state index contributed by atoms with van der Waals surface area (Å²) in [6, 6.07) is 14.9. The Kier molecular flexibility index (Phi) is 5.98. The first-order chi connectivity index (χ1) is 17.0. The zero-order chi connectivity index (χ0) is 24.4. The van der Waals surface area contributed by atoms with Gasteiger partial charge < -0.3 is 15.1 Å². The maximum Gasteiger partial charge on any atom is 0.179 e. The van der Waals surface area contributed by atoms with Crippen molar-refractivity contribution in [3.8, 4) is 11.3 Å². The summed E-state index contributed by atoms with van der Waals surface area (Å²) in [4.78, 5) is 13.3. The molecule has 0 amide bonds. The van der Waals surface area contributed by atoms with Crippen LogP contribution < -0.4 is 5.11 Å². The monoisotopic (exact) mass is 475 g/mol. The van der Waals surface area contributed by atoms with Crippen LogP contribution in [0.4, 0.5) is 8.78 Å². The summed E-state index contributed by atoms with van der Waals surface area (Å²) in [6.45, 7) is -0.281. The molecule has 2 aromatic carbocycles.